The van der Waals surface area contributed by atoms with Crippen LogP contribution in [0.5, 0.6) is 0 Å². The first-order valence-electron chi connectivity index (χ1n) is 7.00. The van der Waals surface area contributed by atoms with Crippen LogP contribution in [0.3, 0.4) is 0 Å². The summed E-state index contributed by atoms with van der Waals surface area (Å²) in [5.74, 6) is 2.96. The summed E-state index contributed by atoms with van der Waals surface area (Å²) < 4.78 is 0. The summed E-state index contributed by atoms with van der Waals surface area (Å²) in [4.78, 5) is 9.13. The molecule has 110 valence electrons. The molecule has 3 rings (SSSR count). The van der Waals surface area contributed by atoms with E-state index in [2.05, 4.69) is 20.6 Å². The number of hydrogen-bond donors (Lipinski definition) is 2. The molecule has 1 aliphatic carbocycles. The molecule has 0 amide bonds. The zero-order chi connectivity index (χ0) is 14.8. The van der Waals surface area contributed by atoms with Gasteiger partial charge in [0.2, 0.25) is 0 Å². The van der Waals surface area contributed by atoms with Crippen LogP contribution in [-0.2, 0) is 0 Å². The van der Waals surface area contributed by atoms with Crippen LogP contribution >= 0.6 is 23.2 Å². The Morgan fingerprint density at radius 2 is 1.90 bits per heavy atom. The Labute approximate surface area is 133 Å². The zero-order valence-corrected chi connectivity index (χ0v) is 13.2. The maximum absolute atomic E-state index is 6.19. The molecule has 1 heterocycles. The van der Waals surface area contributed by atoms with Gasteiger partial charge in [-0.15, -0.1) is 0 Å². The summed E-state index contributed by atoms with van der Waals surface area (Å²) in [6, 6.07) is 7.24. The normalized spacial score (nSPS) is 14.0. The van der Waals surface area contributed by atoms with Gasteiger partial charge in [-0.05, 0) is 38.0 Å². The maximum Gasteiger partial charge on any atom is 0.136 e. The van der Waals surface area contributed by atoms with E-state index in [9.17, 15) is 0 Å². The van der Waals surface area contributed by atoms with Crippen LogP contribution < -0.4 is 10.6 Å². The second-order valence-electron chi connectivity index (χ2n) is 5.05. The predicted octanol–water partition coefficient (Wildman–Crippen LogP) is 4.84. The largest absolute Gasteiger partial charge is 0.370 e. The second-order valence-corrected chi connectivity index (χ2v) is 5.89. The first-order valence-corrected chi connectivity index (χ1v) is 7.76. The first kappa shape index (κ1) is 14.4. The topological polar surface area (TPSA) is 49.8 Å². The van der Waals surface area contributed by atoms with E-state index in [0.717, 1.165) is 42.5 Å². The molecule has 1 aromatic heterocycles. The van der Waals surface area contributed by atoms with Gasteiger partial charge in [-0.25, -0.2) is 9.97 Å². The second kappa shape index (κ2) is 6.08. The maximum atomic E-state index is 6.19. The van der Waals surface area contributed by atoms with Gasteiger partial charge >= 0.3 is 0 Å². The number of nitrogens with zero attached hydrogens (tertiary/aromatic N) is 2. The molecular formula is C15H16Cl2N4. The van der Waals surface area contributed by atoms with Crippen molar-refractivity contribution in [2.45, 2.75) is 25.7 Å². The molecule has 2 N–H and O–H groups in total. The average molecular weight is 323 g/mol. The van der Waals surface area contributed by atoms with Crippen LogP contribution in [0.1, 0.15) is 31.5 Å². The SMILES string of the molecule is CCNc1cc(Nc2ccc(Cl)cc2Cl)nc(C2CC2)n1. The van der Waals surface area contributed by atoms with E-state index in [1.54, 1.807) is 12.1 Å². The smallest absolute Gasteiger partial charge is 0.136 e. The fraction of sp³-hybridized carbons (Fsp3) is 0.333. The summed E-state index contributed by atoms with van der Waals surface area (Å²) >= 11 is 12.1. The molecule has 0 bridgehead atoms. The number of aromatic nitrogens is 2. The Morgan fingerprint density at radius 1 is 1.14 bits per heavy atom. The number of benzene rings is 1. The van der Waals surface area contributed by atoms with E-state index < -0.39 is 0 Å². The van der Waals surface area contributed by atoms with Crippen LogP contribution in [-0.4, -0.2) is 16.5 Å². The summed E-state index contributed by atoms with van der Waals surface area (Å²) in [5.41, 5.74) is 0.781. The molecule has 1 aromatic carbocycles. The molecule has 0 radical (unpaired) electrons. The van der Waals surface area contributed by atoms with Crippen molar-refractivity contribution in [3.8, 4) is 0 Å². The van der Waals surface area contributed by atoms with Crippen molar-refractivity contribution in [2.75, 3.05) is 17.2 Å². The Morgan fingerprint density at radius 3 is 2.57 bits per heavy atom. The van der Waals surface area contributed by atoms with Crippen molar-refractivity contribution < 1.29 is 0 Å². The molecular weight excluding hydrogens is 307 g/mol. The third kappa shape index (κ3) is 3.57. The van der Waals surface area contributed by atoms with Crippen LogP contribution in [0.4, 0.5) is 17.3 Å². The molecule has 6 heteroatoms. The minimum Gasteiger partial charge on any atom is -0.370 e. The third-order valence-corrected chi connectivity index (χ3v) is 3.79. The first-order chi connectivity index (χ1) is 10.2. The van der Waals surface area contributed by atoms with Crippen LogP contribution in [0.15, 0.2) is 24.3 Å². The van der Waals surface area contributed by atoms with Gasteiger partial charge in [0, 0.05) is 23.6 Å². The molecule has 0 aliphatic heterocycles. The Hall–Kier alpha value is -1.52. The molecule has 0 atom stereocenters. The standard InChI is InChI=1S/C15H16Cl2N4/c1-2-18-13-8-14(21-15(20-13)9-3-4-9)19-12-6-5-10(16)7-11(12)17/h5-9H,2-4H2,1H3,(H2,18,19,20,21). The highest BCUT2D eigenvalue weighted by Crippen LogP contribution is 2.39. The Balaban J connectivity index is 1.89. The minimum absolute atomic E-state index is 0.491. The van der Waals surface area contributed by atoms with E-state index in [-0.39, 0.29) is 0 Å². The summed E-state index contributed by atoms with van der Waals surface area (Å²) in [6.45, 7) is 2.87. The van der Waals surface area contributed by atoms with Crippen LogP contribution in [0.2, 0.25) is 10.0 Å². The molecule has 21 heavy (non-hydrogen) atoms. The quantitative estimate of drug-likeness (QED) is 0.827. The molecule has 1 fully saturated rings. The zero-order valence-electron chi connectivity index (χ0n) is 11.7. The van der Waals surface area contributed by atoms with Crippen molar-refractivity contribution in [3.63, 3.8) is 0 Å². The molecule has 1 saturated carbocycles. The van der Waals surface area contributed by atoms with Gasteiger partial charge < -0.3 is 10.6 Å². The van der Waals surface area contributed by atoms with E-state index in [4.69, 9.17) is 23.2 Å². The summed E-state index contributed by atoms with van der Waals surface area (Å²) in [5, 5.41) is 7.65. The number of nitrogens with one attached hydrogen (secondary N) is 2. The van der Waals surface area contributed by atoms with E-state index >= 15 is 0 Å². The predicted molar refractivity (Wildman–Crippen MR) is 87.9 cm³/mol. The van der Waals surface area contributed by atoms with Gasteiger partial charge in [0.1, 0.15) is 17.5 Å². The number of anilines is 3. The Bertz CT molecular complexity index is 656. The van der Waals surface area contributed by atoms with Crippen molar-refractivity contribution >= 4 is 40.5 Å². The monoisotopic (exact) mass is 322 g/mol. The van der Waals surface area contributed by atoms with Crippen LogP contribution in [0.25, 0.3) is 0 Å². The lowest BCUT2D eigenvalue weighted by molar-refractivity contribution is 0.927. The summed E-state index contributed by atoms with van der Waals surface area (Å²) in [7, 11) is 0. The fourth-order valence-electron chi connectivity index (χ4n) is 2.05. The molecule has 4 nitrogen and oxygen atoms in total. The lowest BCUT2D eigenvalue weighted by atomic mass is 10.3. The highest BCUT2D eigenvalue weighted by molar-refractivity contribution is 6.36. The van der Waals surface area contributed by atoms with Gasteiger partial charge in [0.15, 0.2) is 0 Å². The van der Waals surface area contributed by atoms with Gasteiger partial charge in [0.25, 0.3) is 0 Å². The average Bonchev–Trinajstić information content (AvgIpc) is 3.27. The minimum atomic E-state index is 0.491. The molecule has 0 spiro atoms. The van der Waals surface area contributed by atoms with E-state index in [1.165, 1.54) is 0 Å². The van der Waals surface area contributed by atoms with E-state index in [1.807, 2.05) is 19.1 Å². The number of rotatable bonds is 5. The highest BCUT2D eigenvalue weighted by Gasteiger charge is 2.27. The number of hydrogen-bond acceptors (Lipinski definition) is 4. The van der Waals surface area contributed by atoms with E-state index in [0.29, 0.717) is 16.0 Å². The van der Waals surface area contributed by atoms with Gasteiger partial charge in [0.05, 0.1) is 10.7 Å². The molecule has 2 aromatic rings. The highest BCUT2D eigenvalue weighted by atomic mass is 35.5. The molecule has 0 saturated heterocycles. The third-order valence-electron chi connectivity index (χ3n) is 3.24. The van der Waals surface area contributed by atoms with Gasteiger partial charge in [-0.2, -0.15) is 0 Å². The lowest BCUT2D eigenvalue weighted by Gasteiger charge is -2.11. The lowest BCUT2D eigenvalue weighted by Crippen LogP contribution is -2.05. The van der Waals surface area contributed by atoms with Crippen molar-refractivity contribution in [3.05, 3.63) is 40.1 Å². The van der Waals surface area contributed by atoms with Gasteiger partial charge in [-0.3, -0.25) is 0 Å². The fourth-order valence-corrected chi connectivity index (χ4v) is 2.51. The summed E-state index contributed by atoms with van der Waals surface area (Å²) in [6.07, 6.45) is 2.33. The Kier molecular flexibility index (Phi) is 4.17. The molecule has 0 unspecified atom stereocenters. The van der Waals surface area contributed by atoms with Crippen molar-refractivity contribution in [2.24, 2.45) is 0 Å². The van der Waals surface area contributed by atoms with Crippen molar-refractivity contribution in [1.82, 2.24) is 9.97 Å². The number of halogens is 2. The van der Waals surface area contributed by atoms with Crippen LogP contribution in [0, 0.1) is 0 Å². The molecule has 1 aliphatic rings. The van der Waals surface area contributed by atoms with Crippen molar-refractivity contribution in [1.29, 1.82) is 0 Å². The van der Waals surface area contributed by atoms with Gasteiger partial charge in [-0.1, -0.05) is 23.2 Å².